The Morgan fingerprint density at radius 2 is 2.12 bits per heavy atom. The smallest absolute Gasteiger partial charge is 0.382 e. The fourth-order valence-corrected chi connectivity index (χ4v) is 1.13. The maximum atomic E-state index is 12.1. The molecule has 1 aromatic heterocycles. The molecule has 1 heterocycles. The molecule has 0 atom stereocenters. The van der Waals surface area contributed by atoms with E-state index in [4.69, 9.17) is 11.1 Å². The van der Waals surface area contributed by atoms with Gasteiger partial charge in [0, 0.05) is 7.05 Å². The van der Waals surface area contributed by atoms with E-state index in [9.17, 15) is 13.2 Å². The number of nitrogens with two attached hydrogens (primary N) is 1. The van der Waals surface area contributed by atoms with Gasteiger partial charge >= 0.3 is 6.18 Å². The van der Waals surface area contributed by atoms with Gasteiger partial charge in [0.2, 0.25) is 0 Å². The number of hydrogen-bond acceptors (Lipinski definition) is 3. The average Bonchev–Trinajstić information content (AvgIpc) is 2.15. The molecule has 0 saturated heterocycles. The van der Waals surface area contributed by atoms with Crippen LogP contribution in [0.15, 0.2) is 18.3 Å². The Hall–Kier alpha value is -1.79. The van der Waals surface area contributed by atoms with E-state index in [1.165, 1.54) is 25.4 Å². The molecule has 0 spiro atoms. The maximum Gasteiger partial charge on any atom is 0.405 e. The molecule has 0 radical (unpaired) electrons. The molecule has 0 fully saturated rings. The number of aromatic nitrogens is 1. The first-order valence-electron chi connectivity index (χ1n) is 4.38. The summed E-state index contributed by atoms with van der Waals surface area (Å²) >= 11 is 0. The number of amidine groups is 1. The highest BCUT2D eigenvalue weighted by molar-refractivity contribution is 5.93. The van der Waals surface area contributed by atoms with Gasteiger partial charge in [-0.05, 0) is 12.1 Å². The molecule has 7 heteroatoms. The summed E-state index contributed by atoms with van der Waals surface area (Å²) in [6.45, 7) is -1.05. The molecule has 88 valence electrons. The Morgan fingerprint density at radius 3 is 2.50 bits per heavy atom. The van der Waals surface area contributed by atoms with E-state index in [1.54, 1.807) is 0 Å². The van der Waals surface area contributed by atoms with E-state index in [0.717, 1.165) is 4.90 Å². The summed E-state index contributed by atoms with van der Waals surface area (Å²) in [7, 11) is 1.32. The average molecular weight is 232 g/mol. The van der Waals surface area contributed by atoms with Crippen LogP contribution in [-0.2, 0) is 0 Å². The van der Waals surface area contributed by atoms with Crippen molar-refractivity contribution in [1.82, 2.24) is 4.98 Å². The van der Waals surface area contributed by atoms with Crippen LogP contribution in [0.25, 0.3) is 0 Å². The zero-order valence-electron chi connectivity index (χ0n) is 8.54. The highest BCUT2D eigenvalue weighted by Crippen LogP contribution is 2.20. The normalized spacial score (nSPS) is 11.2. The number of nitrogen functional groups attached to an aromatic ring is 1. The van der Waals surface area contributed by atoms with Crippen LogP contribution >= 0.6 is 0 Å². The van der Waals surface area contributed by atoms with Gasteiger partial charge in [-0.25, -0.2) is 0 Å². The van der Waals surface area contributed by atoms with Crippen molar-refractivity contribution in [2.24, 2.45) is 5.73 Å². The van der Waals surface area contributed by atoms with Gasteiger partial charge in [0.25, 0.3) is 0 Å². The fourth-order valence-electron chi connectivity index (χ4n) is 1.13. The number of halogens is 3. The number of hydrogen-bond donors (Lipinski definition) is 2. The number of nitrogens with zero attached hydrogens (tertiary/aromatic N) is 2. The molecule has 0 bridgehead atoms. The van der Waals surface area contributed by atoms with E-state index >= 15 is 0 Å². The molecular weight excluding hydrogens is 221 g/mol. The number of pyridine rings is 1. The van der Waals surface area contributed by atoms with Crippen molar-refractivity contribution in [2.45, 2.75) is 6.18 Å². The molecule has 0 aliphatic rings. The van der Waals surface area contributed by atoms with Gasteiger partial charge in [0.1, 0.15) is 18.1 Å². The maximum absolute atomic E-state index is 12.1. The Morgan fingerprint density at radius 1 is 1.50 bits per heavy atom. The topological polar surface area (TPSA) is 66.0 Å². The molecule has 3 N–H and O–H groups in total. The lowest BCUT2D eigenvalue weighted by atomic mass is 10.3. The number of rotatable bonds is 3. The summed E-state index contributed by atoms with van der Waals surface area (Å²) in [6.07, 6.45) is -3.00. The molecule has 0 amide bonds. The Bertz CT molecular complexity index is 371. The van der Waals surface area contributed by atoms with Crippen molar-refractivity contribution in [3.63, 3.8) is 0 Å². The summed E-state index contributed by atoms with van der Waals surface area (Å²) in [5, 5.41) is 7.08. The molecule has 0 aliphatic heterocycles. The van der Waals surface area contributed by atoms with Crippen LogP contribution in [0.1, 0.15) is 5.69 Å². The molecule has 1 rings (SSSR count). The highest BCUT2D eigenvalue weighted by atomic mass is 19.4. The minimum atomic E-state index is -4.26. The molecule has 0 aromatic carbocycles. The zero-order valence-corrected chi connectivity index (χ0v) is 8.54. The molecule has 0 aliphatic carbocycles. The van der Waals surface area contributed by atoms with Crippen molar-refractivity contribution >= 4 is 11.5 Å². The first-order valence-corrected chi connectivity index (χ1v) is 4.38. The first kappa shape index (κ1) is 12.3. The van der Waals surface area contributed by atoms with Gasteiger partial charge in [-0.15, -0.1) is 0 Å². The summed E-state index contributed by atoms with van der Waals surface area (Å²) in [4.78, 5) is 4.80. The summed E-state index contributed by atoms with van der Waals surface area (Å²) in [5.74, 6) is -0.218. The van der Waals surface area contributed by atoms with Crippen LogP contribution in [-0.4, -0.2) is 30.6 Å². The summed E-state index contributed by atoms with van der Waals surface area (Å²) < 4.78 is 36.2. The standard InChI is InChI=1S/C9H11F3N4/c1-16(5-9(10,11)12)6-2-3-7(8(13)14)15-4-6/h2-4H,5H2,1H3,(H3,13,14). The minimum absolute atomic E-state index is 0.218. The van der Waals surface area contributed by atoms with Gasteiger partial charge < -0.3 is 10.6 Å². The molecule has 4 nitrogen and oxygen atoms in total. The molecular formula is C9H11F3N4. The number of anilines is 1. The van der Waals surface area contributed by atoms with Crippen LogP contribution in [0.5, 0.6) is 0 Å². The highest BCUT2D eigenvalue weighted by Gasteiger charge is 2.29. The molecule has 0 saturated carbocycles. The lowest BCUT2D eigenvalue weighted by molar-refractivity contribution is -0.119. The van der Waals surface area contributed by atoms with Crippen LogP contribution in [0.4, 0.5) is 18.9 Å². The second-order valence-corrected chi connectivity index (χ2v) is 3.29. The lowest BCUT2D eigenvalue weighted by Crippen LogP contribution is -2.31. The lowest BCUT2D eigenvalue weighted by Gasteiger charge is -2.20. The van der Waals surface area contributed by atoms with Crippen molar-refractivity contribution in [3.8, 4) is 0 Å². The minimum Gasteiger partial charge on any atom is -0.382 e. The molecule has 16 heavy (non-hydrogen) atoms. The summed E-state index contributed by atoms with van der Waals surface area (Å²) in [5.41, 5.74) is 5.73. The van der Waals surface area contributed by atoms with Gasteiger partial charge in [-0.3, -0.25) is 10.4 Å². The van der Waals surface area contributed by atoms with Gasteiger partial charge in [-0.2, -0.15) is 13.2 Å². The first-order chi connectivity index (χ1) is 7.29. The Labute approximate surface area is 90.4 Å². The van der Waals surface area contributed by atoms with E-state index < -0.39 is 12.7 Å². The third-order valence-electron chi connectivity index (χ3n) is 1.88. The van der Waals surface area contributed by atoms with Crippen molar-refractivity contribution in [3.05, 3.63) is 24.0 Å². The SMILES string of the molecule is CN(CC(F)(F)F)c1ccc(C(=N)N)nc1. The van der Waals surface area contributed by atoms with E-state index in [0.29, 0.717) is 5.69 Å². The van der Waals surface area contributed by atoms with Gasteiger partial charge in [0.05, 0.1) is 11.9 Å². The van der Waals surface area contributed by atoms with Gasteiger partial charge in [-0.1, -0.05) is 0 Å². The van der Waals surface area contributed by atoms with Crippen molar-refractivity contribution in [1.29, 1.82) is 5.41 Å². The van der Waals surface area contributed by atoms with Crippen molar-refractivity contribution in [2.75, 3.05) is 18.5 Å². The van der Waals surface area contributed by atoms with Crippen molar-refractivity contribution < 1.29 is 13.2 Å². The van der Waals surface area contributed by atoms with E-state index in [-0.39, 0.29) is 11.5 Å². The van der Waals surface area contributed by atoms with Crippen LogP contribution < -0.4 is 10.6 Å². The Kier molecular flexibility index (Phi) is 3.36. The zero-order chi connectivity index (χ0) is 12.3. The van der Waals surface area contributed by atoms with Crippen LogP contribution in [0.3, 0.4) is 0 Å². The van der Waals surface area contributed by atoms with Gasteiger partial charge in [0.15, 0.2) is 0 Å². The predicted molar refractivity (Wildman–Crippen MR) is 54.6 cm³/mol. The van der Waals surface area contributed by atoms with Crippen LogP contribution in [0, 0.1) is 5.41 Å². The fraction of sp³-hybridized carbons (Fsp3) is 0.333. The second-order valence-electron chi connectivity index (χ2n) is 3.29. The monoisotopic (exact) mass is 232 g/mol. The second kappa shape index (κ2) is 4.38. The van der Waals surface area contributed by atoms with E-state index in [2.05, 4.69) is 4.98 Å². The third kappa shape index (κ3) is 3.41. The third-order valence-corrected chi connectivity index (χ3v) is 1.88. The quantitative estimate of drug-likeness (QED) is 0.611. The molecule has 1 aromatic rings. The predicted octanol–water partition coefficient (Wildman–Crippen LogP) is 1.36. The summed E-state index contributed by atoms with van der Waals surface area (Å²) in [6, 6.07) is 2.85. The Balaban J connectivity index is 2.78. The van der Waals surface area contributed by atoms with Crippen LogP contribution in [0.2, 0.25) is 0 Å². The van der Waals surface area contributed by atoms with E-state index in [1.807, 2.05) is 0 Å². The number of alkyl halides is 3. The molecule has 0 unspecified atom stereocenters. The largest absolute Gasteiger partial charge is 0.405 e. The number of nitrogens with one attached hydrogen (secondary N) is 1.